The number of ketones is 1. The van der Waals surface area contributed by atoms with Crippen molar-refractivity contribution in [2.45, 2.75) is 52.0 Å². The van der Waals surface area contributed by atoms with Gasteiger partial charge in [-0.25, -0.2) is 0 Å². The summed E-state index contributed by atoms with van der Waals surface area (Å²) in [7, 11) is 0. The molecule has 0 aromatic rings. The highest BCUT2D eigenvalue weighted by atomic mass is 32.1. The standard InChI is InChI=1S/C10H21NOS/c1-6(2)10(13)9(8(5)12)11-7(3)4/h6-7,9-11,13H,1-5H3. The normalized spacial score (nSPS) is 16.3. The molecule has 2 unspecified atom stereocenters. The van der Waals surface area contributed by atoms with Crippen LogP contribution in [0, 0.1) is 5.92 Å². The van der Waals surface area contributed by atoms with Crippen LogP contribution in [0.2, 0.25) is 0 Å². The van der Waals surface area contributed by atoms with E-state index in [1.54, 1.807) is 6.92 Å². The van der Waals surface area contributed by atoms with Crippen molar-refractivity contribution in [1.82, 2.24) is 5.32 Å². The van der Waals surface area contributed by atoms with Crippen LogP contribution in [0.3, 0.4) is 0 Å². The van der Waals surface area contributed by atoms with Crippen molar-refractivity contribution in [3.05, 3.63) is 0 Å². The molecule has 0 aliphatic rings. The van der Waals surface area contributed by atoms with Gasteiger partial charge in [0, 0.05) is 11.3 Å². The minimum Gasteiger partial charge on any atom is -0.304 e. The summed E-state index contributed by atoms with van der Waals surface area (Å²) in [4.78, 5) is 11.3. The highest BCUT2D eigenvalue weighted by Crippen LogP contribution is 2.14. The molecule has 0 radical (unpaired) electrons. The fraction of sp³-hybridized carbons (Fsp3) is 0.900. The van der Waals surface area contributed by atoms with E-state index in [1.807, 2.05) is 13.8 Å². The van der Waals surface area contributed by atoms with Crippen LogP contribution in [0.4, 0.5) is 0 Å². The predicted molar refractivity (Wildman–Crippen MR) is 60.4 cm³/mol. The number of hydrogen-bond donors (Lipinski definition) is 2. The summed E-state index contributed by atoms with van der Waals surface area (Å²) < 4.78 is 0. The van der Waals surface area contributed by atoms with Crippen LogP contribution in [0.5, 0.6) is 0 Å². The highest BCUT2D eigenvalue weighted by Gasteiger charge is 2.25. The van der Waals surface area contributed by atoms with Crippen molar-refractivity contribution < 1.29 is 4.79 Å². The third kappa shape index (κ3) is 4.67. The van der Waals surface area contributed by atoms with Crippen LogP contribution in [0.15, 0.2) is 0 Å². The topological polar surface area (TPSA) is 29.1 Å². The summed E-state index contributed by atoms with van der Waals surface area (Å²) in [6.07, 6.45) is 0. The van der Waals surface area contributed by atoms with Crippen LogP contribution >= 0.6 is 12.6 Å². The molecule has 78 valence electrons. The van der Waals surface area contributed by atoms with Gasteiger partial charge in [0.1, 0.15) is 5.78 Å². The maximum absolute atomic E-state index is 11.3. The Labute approximate surface area is 86.9 Å². The van der Waals surface area contributed by atoms with Gasteiger partial charge in [-0.05, 0) is 12.8 Å². The molecule has 0 saturated heterocycles. The second kappa shape index (κ2) is 5.66. The largest absolute Gasteiger partial charge is 0.304 e. The number of carbonyl (C=O) groups excluding carboxylic acids is 1. The molecule has 0 aromatic heterocycles. The van der Waals surface area contributed by atoms with Crippen LogP contribution in [0.1, 0.15) is 34.6 Å². The molecule has 3 heteroatoms. The van der Waals surface area contributed by atoms with E-state index in [1.165, 1.54) is 0 Å². The maximum Gasteiger partial charge on any atom is 0.147 e. The number of nitrogens with one attached hydrogen (secondary N) is 1. The third-order valence-corrected chi connectivity index (χ3v) is 2.87. The van der Waals surface area contributed by atoms with Gasteiger partial charge in [0.2, 0.25) is 0 Å². The first kappa shape index (κ1) is 13.0. The molecule has 0 aromatic carbocycles. The lowest BCUT2D eigenvalue weighted by atomic mass is 9.99. The van der Waals surface area contributed by atoms with E-state index in [4.69, 9.17) is 0 Å². The van der Waals surface area contributed by atoms with Gasteiger partial charge < -0.3 is 5.32 Å². The van der Waals surface area contributed by atoms with Crippen LogP contribution < -0.4 is 5.32 Å². The van der Waals surface area contributed by atoms with Gasteiger partial charge in [-0.3, -0.25) is 4.79 Å². The van der Waals surface area contributed by atoms with E-state index >= 15 is 0 Å². The zero-order valence-electron chi connectivity index (χ0n) is 9.16. The smallest absolute Gasteiger partial charge is 0.147 e. The van der Waals surface area contributed by atoms with Gasteiger partial charge in [-0.1, -0.05) is 27.7 Å². The van der Waals surface area contributed by atoms with Crippen molar-refractivity contribution in [1.29, 1.82) is 0 Å². The van der Waals surface area contributed by atoms with E-state index in [9.17, 15) is 4.79 Å². The summed E-state index contributed by atoms with van der Waals surface area (Å²) in [6.45, 7) is 9.85. The molecular weight excluding hydrogens is 182 g/mol. The number of thiol groups is 1. The van der Waals surface area contributed by atoms with Gasteiger partial charge >= 0.3 is 0 Å². The summed E-state index contributed by atoms with van der Waals surface area (Å²) in [5.41, 5.74) is 0. The summed E-state index contributed by atoms with van der Waals surface area (Å²) in [5, 5.41) is 3.33. The van der Waals surface area contributed by atoms with Gasteiger partial charge in [-0.2, -0.15) is 12.6 Å². The highest BCUT2D eigenvalue weighted by molar-refractivity contribution is 7.81. The fourth-order valence-electron chi connectivity index (χ4n) is 1.20. The van der Waals surface area contributed by atoms with Gasteiger partial charge in [0.05, 0.1) is 6.04 Å². The van der Waals surface area contributed by atoms with Crippen molar-refractivity contribution in [3.8, 4) is 0 Å². The van der Waals surface area contributed by atoms with Crippen LogP contribution in [0.25, 0.3) is 0 Å². The quantitative estimate of drug-likeness (QED) is 0.668. The monoisotopic (exact) mass is 203 g/mol. The molecule has 0 rings (SSSR count). The molecule has 0 aliphatic heterocycles. The molecule has 0 heterocycles. The Kier molecular flexibility index (Phi) is 5.65. The Morgan fingerprint density at radius 3 is 1.92 bits per heavy atom. The Bertz CT molecular complexity index is 168. The number of hydrogen-bond acceptors (Lipinski definition) is 3. The first-order chi connectivity index (χ1) is 5.86. The molecule has 0 bridgehead atoms. The zero-order chi connectivity index (χ0) is 10.6. The summed E-state index contributed by atoms with van der Waals surface area (Å²) >= 11 is 4.45. The maximum atomic E-state index is 11.3. The van der Waals surface area contributed by atoms with E-state index in [2.05, 4.69) is 31.8 Å². The third-order valence-electron chi connectivity index (χ3n) is 1.98. The Morgan fingerprint density at radius 2 is 1.69 bits per heavy atom. The van der Waals surface area contributed by atoms with Crippen LogP contribution in [-0.4, -0.2) is 23.1 Å². The Morgan fingerprint density at radius 1 is 1.23 bits per heavy atom. The van der Waals surface area contributed by atoms with Gasteiger partial charge in [0.15, 0.2) is 0 Å². The Hall–Kier alpha value is -0.0200. The fourth-order valence-corrected chi connectivity index (χ4v) is 1.50. The molecule has 2 nitrogen and oxygen atoms in total. The SMILES string of the molecule is CC(=O)C(NC(C)C)C(S)C(C)C. The minimum absolute atomic E-state index is 0.0971. The molecule has 0 amide bonds. The van der Waals surface area contributed by atoms with Crippen LogP contribution in [-0.2, 0) is 4.79 Å². The second-order valence-electron chi connectivity index (χ2n) is 4.14. The first-order valence-corrected chi connectivity index (χ1v) is 5.32. The lowest BCUT2D eigenvalue weighted by Crippen LogP contribution is -2.47. The molecule has 0 aliphatic carbocycles. The average Bonchev–Trinajstić information content (AvgIpc) is 1.97. The molecule has 0 fully saturated rings. The molecule has 13 heavy (non-hydrogen) atoms. The van der Waals surface area contributed by atoms with Gasteiger partial charge in [-0.15, -0.1) is 0 Å². The first-order valence-electron chi connectivity index (χ1n) is 4.80. The molecule has 1 N–H and O–H groups in total. The lowest BCUT2D eigenvalue weighted by molar-refractivity contribution is -0.119. The van der Waals surface area contributed by atoms with Crippen molar-refractivity contribution >= 4 is 18.4 Å². The number of rotatable bonds is 5. The van der Waals surface area contributed by atoms with E-state index < -0.39 is 0 Å². The Balaban J connectivity index is 4.33. The molecule has 0 saturated carbocycles. The van der Waals surface area contributed by atoms with E-state index in [0.717, 1.165) is 0 Å². The van der Waals surface area contributed by atoms with E-state index in [-0.39, 0.29) is 17.1 Å². The molecule has 0 spiro atoms. The number of Topliss-reactive ketones (excluding diaryl/α,β-unsaturated/α-hetero) is 1. The van der Waals surface area contributed by atoms with Crippen molar-refractivity contribution in [2.24, 2.45) is 5.92 Å². The minimum atomic E-state index is -0.122. The van der Waals surface area contributed by atoms with E-state index in [0.29, 0.717) is 12.0 Å². The summed E-state index contributed by atoms with van der Waals surface area (Å²) in [6, 6.07) is 0.200. The molecular formula is C10H21NOS. The predicted octanol–water partition coefficient (Wildman–Crippen LogP) is 1.90. The van der Waals surface area contributed by atoms with Crippen molar-refractivity contribution in [3.63, 3.8) is 0 Å². The molecule has 2 atom stereocenters. The average molecular weight is 203 g/mol. The zero-order valence-corrected chi connectivity index (χ0v) is 10.1. The second-order valence-corrected chi connectivity index (χ2v) is 4.74. The summed E-state index contributed by atoms with van der Waals surface area (Å²) in [5.74, 6) is 0.575. The van der Waals surface area contributed by atoms with Crippen molar-refractivity contribution in [2.75, 3.05) is 0 Å². The number of carbonyl (C=O) groups is 1. The lowest BCUT2D eigenvalue weighted by Gasteiger charge is -2.26. The van der Waals surface area contributed by atoms with Gasteiger partial charge in [0.25, 0.3) is 0 Å².